The van der Waals surface area contributed by atoms with Gasteiger partial charge in [0.1, 0.15) is 5.52 Å². The Morgan fingerprint density at radius 2 is 2.22 bits per heavy atom. The van der Waals surface area contributed by atoms with Crippen molar-refractivity contribution in [1.29, 1.82) is 0 Å². The standard InChI is InChI=1S/C14H21N3O/c1-10(9-15)17(3)7-6-12-4-5-13-14(8-12)18-11(2)16-13/h4-5,8,10H,6-7,9,15H2,1-3H3. The summed E-state index contributed by atoms with van der Waals surface area (Å²) in [5.41, 5.74) is 8.73. The lowest BCUT2D eigenvalue weighted by atomic mass is 10.1. The van der Waals surface area contributed by atoms with Gasteiger partial charge in [-0.3, -0.25) is 0 Å². The van der Waals surface area contributed by atoms with E-state index >= 15 is 0 Å². The number of likely N-dealkylation sites (N-methyl/N-ethyl adjacent to an activating group) is 1. The van der Waals surface area contributed by atoms with Crippen molar-refractivity contribution >= 4 is 11.1 Å². The van der Waals surface area contributed by atoms with E-state index in [2.05, 4.69) is 36.0 Å². The highest BCUT2D eigenvalue weighted by Gasteiger charge is 2.08. The zero-order valence-electron chi connectivity index (χ0n) is 11.3. The van der Waals surface area contributed by atoms with Gasteiger partial charge in [0, 0.05) is 26.1 Å². The molecule has 98 valence electrons. The summed E-state index contributed by atoms with van der Waals surface area (Å²) in [7, 11) is 2.11. The summed E-state index contributed by atoms with van der Waals surface area (Å²) in [4.78, 5) is 6.57. The molecular weight excluding hydrogens is 226 g/mol. The minimum absolute atomic E-state index is 0.418. The van der Waals surface area contributed by atoms with Gasteiger partial charge in [-0.25, -0.2) is 4.98 Å². The van der Waals surface area contributed by atoms with Gasteiger partial charge in [0.15, 0.2) is 11.5 Å². The summed E-state index contributed by atoms with van der Waals surface area (Å²) in [5.74, 6) is 0.719. The number of aromatic nitrogens is 1. The largest absolute Gasteiger partial charge is 0.441 e. The van der Waals surface area contributed by atoms with E-state index in [-0.39, 0.29) is 0 Å². The molecule has 0 radical (unpaired) electrons. The summed E-state index contributed by atoms with van der Waals surface area (Å²) in [6.07, 6.45) is 0.997. The molecule has 18 heavy (non-hydrogen) atoms. The van der Waals surface area contributed by atoms with Gasteiger partial charge in [-0.1, -0.05) is 6.07 Å². The molecule has 0 aliphatic carbocycles. The van der Waals surface area contributed by atoms with E-state index < -0.39 is 0 Å². The highest BCUT2D eigenvalue weighted by molar-refractivity contribution is 5.73. The third-order valence-electron chi connectivity index (χ3n) is 3.41. The molecule has 0 fully saturated rings. The maximum absolute atomic E-state index is 5.65. The van der Waals surface area contributed by atoms with E-state index in [0.29, 0.717) is 12.6 Å². The Balaban J connectivity index is 2.03. The van der Waals surface area contributed by atoms with Crippen molar-refractivity contribution in [1.82, 2.24) is 9.88 Å². The number of rotatable bonds is 5. The molecule has 0 bridgehead atoms. The number of hydrogen-bond acceptors (Lipinski definition) is 4. The van der Waals surface area contributed by atoms with Crippen LogP contribution >= 0.6 is 0 Å². The lowest BCUT2D eigenvalue weighted by Crippen LogP contribution is -2.36. The number of hydrogen-bond donors (Lipinski definition) is 1. The van der Waals surface area contributed by atoms with Gasteiger partial charge >= 0.3 is 0 Å². The number of oxazole rings is 1. The second kappa shape index (κ2) is 5.50. The van der Waals surface area contributed by atoms with Gasteiger partial charge in [0.25, 0.3) is 0 Å². The second-order valence-corrected chi connectivity index (χ2v) is 4.85. The molecule has 2 aromatic rings. The Hall–Kier alpha value is -1.39. The van der Waals surface area contributed by atoms with Crippen molar-refractivity contribution in [2.24, 2.45) is 5.73 Å². The van der Waals surface area contributed by atoms with Crippen LogP contribution in [0.1, 0.15) is 18.4 Å². The fourth-order valence-electron chi connectivity index (χ4n) is 1.95. The van der Waals surface area contributed by atoms with Gasteiger partial charge in [-0.15, -0.1) is 0 Å². The Kier molecular flexibility index (Phi) is 3.99. The fraction of sp³-hybridized carbons (Fsp3) is 0.500. The maximum atomic E-state index is 5.65. The molecule has 0 saturated heterocycles. The third-order valence-corrected chi connectivity index (χ3v) is 3.41. The lowest BCUT2D eigenvalue weighted by molar-refractivity contribution is 0.266. The number of benzene rings is 1. The van der Waals surface area contributed by atoms with E-state index in [9.17, 15) is 0 Å². The predicted octanol–water partition coefficient (Wildman–Crippen LogP) is 1.96. The fourth-order valence-corrected chi connectivity index (χ4v) is 1.95. The van der Waals surface area contributed by atoms with Crippen LogP contribution in [0.3, 0.4) is 0 Å². The van der Waals surface area contributed by atoms with Crippen molar-refractivity contribution in [2.45, 2.75) is 26.3 Å². The van der Waals surface area contributed by atoms with Crippen molar-refractivity contribution in [3.8, 4) is 0 Å². The number of nitrogens with zero attached hydrogens (tertiary/aromatic N) is 2. The zero-order chi connectivity index (χ0) is 13.1. The van der Waals surface area contributed by atoms with E-state index in [4.69, 9.17) is 10.2 Å². The molecule has 1 atom stereocenters. The van der Waals surface area contributed by atoms with Crippen LogP contribution in [-0.2, 0) is 6.42 Å². The van der Waals surface area contributed by atoms with Crippen LogP contribution in [0.2, 0.25) is 0 Å². The summed E-state index contributed by atoms with van der Waals surface area (Å²) in [6.45, 7) is 5.70. The molecule has 1 heterocycles. The van der Waals surface area contributed by atoms with Crippen molar-refractivity contribution in [3.63, 3.8) is 0 Å². The molecule has 1 aromatic heterocycles. The van der Waals surface area contributed by atoms with E-state index in [1.54, 1.807) is 0 Å². The molecule has 1 unspecified atom stereocenters. The molecule has 1 aromatic carbocycles. The first-order chi connectivity index (χ1) is 8.60. The second-order valence-electron chi connectivity index (χ2n) is 4.85. The maximum Gasteiger partial charge on any atom is 0.192 e. The normalized spacial score (nSPS) is 13.4. The topological polar surface area (TPSA) is 55.3 Å². The zero-order valence-corrected chi connectivity index (χ0v) is 11.3. The molecule has 4 heteroatoms. The molecule has 0 aliphatic heterocycles. The van der Waals surface area contributed by atoms with E-state index in [1.165, 1.54) is 5.56 Å². The van der Waals surface area contributed by atoms with Crippen molar-refractivity contribution < 1.29 is 4.42 Å². The number of nitrogens with two attached hydrogens (primary N) is 1. The minimum Gasteiger partial charge on any atom is -0.441 e. The molecule has 0 aliphatic rings. The lowest BCUT2D eigenvalue weighted by Gasteiger charge is -2.23. The highest BCUT2D eigenvalue weighted by atomic mass is 16.3. The monoisotopic (exact) mass is 247 g/mol. The Labute approximate surface area is 108 Å². The van der Waals surface area contributed by atoms with Gasteiger partial charge in [-0.05, 0) is 38.1 Å². The van der Waals surface area contributed by atoms with E-state index in [1.807, 2.05) is 13.0 Å². The predicted molar refractivity (Wildman–Crippen MR) is 73.6 cm³/mol. The molecule has 2 N–H and O–H groups in total. The van der Waals surface area contributed by atoms with Crippen LogP contribution in [0.4, 0.5) is 0 Å². The average molecular weight is 247 g/mol. The van der Waals surface area contributed by atoms with Crippen LogP contribution < -0.4 is 5.73 Å². The summed E-state index contributed by atoms with van der Waals surface area (Å²) in [6, 6.07) is 6.64. The first kappa shape index (κ1) is 13.1. The first-order valence-electron chi connectivity index (χ1n) is 6.36. The number of aryl methyl sites for hydroxylation is 1. The van der Waals surface area contributed by atoms with E-state index in [0.717, 1.165) is 30.0 Å². The van der Waals surface area contributed by atoms with Gasteiger partial charge in [0.2, 0.25) is 0 Å². The number of fused-ring (bicyclic) bond motifs is 1. The van der Waals surface area contributed by atoms with Gasteiger partial charge < -0.3 is 15.1 Å². The smallest absolute Gasteiger partial charge is 0.192 e. The molecule has 0 saturated carbocycles. The highest BCUT2D eigenvalue weighted by Crippen LogP contribution is 2.17. The molecule has 0 amide bonds. The summed E-state index contributed by atoms with van der Waals surface area (Å²) in [5, 5.41) is 0. The van der Waals surface area contributed by atoms with Gasteiger partial charge in [0.05, 0.1) is 0 Å². The summed E-state index contributed by atoms with van der Waals surface area (Å²) >= 11 is 0. The Morgan fingerprint density at radius 3 is 2.94 bits per heavy atom. The van der Waals surface area contributed by atoms with Crippen LogP contribution in [0.25, 0.3) is 11.1 Å². The van der Waals surface area contributed by atoms with Crippen LogP contribution in [0.15, 0.2) is 22.6 Å². The Morgan fingerprint density at radius 1 is 1.44 bits per heavy atom. The van der Waals surface area contributed by atoms with Crippen LogP contribution in [0.5, 0.6) is 0 Å². The van der Waals surface area contributed by atoms with Crippen molar-refractivity contribution in [2.75, 3.05) is 20.1 Å². The molecular formula is C14H21N3O. The third kappa shape index (κ3) is 2.89. The average Bonchev–Trinajstić information content (AvgIpc) is 2.74. The van der Waals surface area contributed by atoms with Gasteiger partial charge in [-0.2, -0.15) is 0 Å². The molecule has 2 rings (SSSR count). The molecule has 0 spiro atoms. The minimum atomic E-state index is 0.418. The SMILES string of the molecule is Cc1nc2ccc(CCN(C)C(C)CN)cc2o1. The van der Waals surface area contributed by atoms with Crippen LogP contribution in [0, 0.1) is 6.92 Å². The first-order valence-corrected chi connectivity index (χ1v) is 6.36. The van der Waals surface area contributed by atoms with Crippen molar-refractivity contribution in [3.05, 3.63) is 29.7 Å². The van der Waals surface area contributed by atoms with Crippen LogP contribution in [-0.4, -0.2) is 36.1 Å². The quantitative estimate of drug-likeness (QED) is 0.877. The molecule has 4 nitrogen and oxygen atoms in total. The summed E-state index contributed by atoms with van der Waals surface area (Å²) < 4.78 is 5.54. The Bertz CT molecular complexity index is 521.